The number of hydrogen-bond donors (Lipinski definition) is 1. The van der Waals surface area contributed by atoms with Crippen molar-refractivity contribution in [3.8, 4) is 17.2 Å². The summed E-state index contributed by atoms with van der Waals surface area (Å²) in [4.78, 5) is 12.5. The summed E-state index contributed by atoms with van der Waals surface area (Å²) in [6.45, 7) is 4.04. The number of amides is 1. The molecule has 30 heavy (non-hydrogen) atoms. The average Bonchev–Trinajstić information content (AvgIpc) is 3.05. The lowest BCUT2D eigenvalue weighted by Crippen LogP contribution is -2.18. The maximum atomic E-state index is 12.5. The summed E-state index contributed by atoms with van der Waals surface area (Å²) in [7, 11) is 3.15. The van der Waals surface area contributed by atoms with Crippen molar-refractivity contribution >= 4 is 46.3 Å². The van der Waals surface area contributed by atoms with Crippen LogP contribution in [-0.2, 0) is 0 Å². The Morgan fingerprint density at radius 3 is 2.40 bits per heavy atom. The highest BCUT2D eigenvalue weighted by Crippen LogP contribution is 2.33. The van der Waals surface area contributed by atoms with Crippen molar-refractivity contribution < 1.29 is 14.3 Å². The predicted molar refractivity (Wildman–Crippen MR) is 128 cm³/mol. The third-order valence-corrected chi connectivity index (χ3v) is 5.68. The lowest BCUT2D eigenvalue weighted by atomic mass is 10.2. The molecule has 8 heteroatoms. The number of rotatable bonds is 6. The minimum absolute atomic E-state index is 0.349. The van der Waals surface area contributed by atoms with Gasteiger partial charge < -0.3 is 14.0 Å². The largest absolute Gasteiger partial charge is 0.493 e. The first-order chi connectivity index (χ1) is 14.3. The fraction of sp³-hybridized carbons (Fsp3) is 0.182. The van der Waals surface area contributed by atoms with Crippen molar-refractivity contribution in [2.75, 3.05) is 14.2 Å². The number of nitrogens with one attached hydrogen (secondary N) is 1. The van der Waals surface area contributed by atoms with Gasteiger partial charge >= 0.3 is 0 Å². The van der Waals surface area contributed by atoms with Crippen LogP contribution in [0.4, 0.5) is 0 Å². The van der Waals surface area contributed by atoms with E-state index in [-0.39, 0.29) is 5.91 Å². The second kappa shape index (κ2) is 9.53. The highest BCUT2D eigenvalue weighted by molar-refractivity contribution is 14.1. The molecule has 0 saturated carbocycles. The molecule has 0 saturated heterocycles. The number of ether oxygens (including phenoxy) is 2. The molecule has 0 atom stereocenters. The molecule has 2 aromatic carbocycles. The molecule has 0 aliphatic rings. The Hall–Kier alpha value is -2.52. The van der Waals surface area contributed by atoms with E-state index in [1.165, 1.54) is 6.21 Å². The van der Waals surface area contributed by atoms with Gasteiger partial charge in [-0.15, -0.1) is 0 Å². The van der Waals surface area contributed by atoms with E-state index in [0.29, 0.717) is 22.1 Å². The summed E-state index contributed by atoms with van der Waals surface area (Å²) in [5.41, 5.74) is 6.71. The van der Waals surface area contributed by atoms with Gasteiger partial charge in [-0.2, -0.15) is 5.10 Å². The van der Waals surface area contributed by atoms with Gasteiger partial charge in [0.25, 0.3) is 5.91 Å². The van der Waals surface area contributed by atoms with E-state index < -0.39 is 0 Å². The summed E-state index contributed by atoms with van der Waals surface area (Å²) in [6.07, 6.45) is 1.54. The Balaban J connectivity index is 1.76. The first-order valence-electron chi connectivity index (χ1n) is 9.05. The molecule has 0 fully saturated rings. The van der Waals surface area contributed by atoms with E-state index in [9.17, 15) is 4.79 Å². The van der Waals surface area contributed by atoms with Gasteiger partial charge in [0.1, 0.15) is 0 Å². The summed E-state index contributed by atoms with van der Waals surface area (Å²) >= 11 is 8.53. The summed E-state index contributed by atoms with van der Waals surface area (Å²) in [5.74, 6) is 0.852. The third-order valence-electron chi connectivity index (χ3n) is 4.56. The van der Waals surface area contributed by atoms with E-state index in [2.05, 4.69) is 37.7 Å². The fourth-order valence-electron chi connectivity index (χ4n) is 3.14. The van der Waals surface area contributed by atoms with E-state index in [0.717, 1.165) is 26.2 Å². The van der Waals surface area contributed by atoms with Crippen molar-refractivity contribution in [2.45, 2.75) is 13.8 Å². The lowest BCUT2D eigenvalue weighted by molar-refractivity contribution is 0.0955. The molecule has 0 unspecified atom stereocenters. The highest BCUT2D eigenvalue weighted by atomic mass is 127. The summed E-state index contributed by atoms with van der Waals surface area (Å²) < 4.78 is 13.6. The Labute approximate surface area is 194 Å². The van der Waals surface area contributed by atoms with Crippen LogP contribution in [0, 0.1) is 17.4 Å². The fourth-order valence-corrected chi connectivity index (χ4v) is 4.25. The number of halogens is 2. The molecule has 3 aromatic rings. The molecule has 0 spiro atoms. The number of nitrogens with zero attached hydrogens (tertiary/aromatic N) is 2. The molecule has 0 bridgehead atoms. The zero-order valence-corrected chi connectivity index (χ0v) is 19.9. The minimum Gasteiger partial charge on any atom is -0.493 e. The van der Waals surface area contributed by atoms with Crippen LogP contribution in [0.3, 0.4) is 0 Å². The normalized spacial score (nSPS) is 11.0. The molecule has 1 heterocycles. The van der Waals surface area contributed by atoms with Crippen LogP contribution in [-0.4, -0.2) is 30.9 Å². The van der Waals surface area contributed by atoms with Crippen LogP contribution in [0.1, 0.15) is 27.3 Å². The molecule has 6 nitrogen and oxygen atoms in total. The summed E-state index contributed by atoms with van der Waals surface area (Å²) in [5, 5.41) is 4.40. The second-order valence-electron chi connectivity index (χ2n) is 6.55. The van der Waals surface area contributed by atoms with Crippen LogP contribution in [0.15, 0.2) is 47.6 Å². The van der Waals surface area contributed by atoms with Crippen molar-refractivity contribution in [3.63, 3.8) is 0 Å². The van der Waals surface area contributed by atoms with Crippen LogP contribution in [0.25, 0.3) is 5.69 Å². The summed E-state index contributed by atoms with van der Waals surface area (Å²) in [6, 6.07) is 13.1. The van der Waals surface area contributed by atoms with Crippen molar-refractivity contribution in [2.24, 2.45) is 5.10 Å². The molecular weight excluding hydrogens is 517 g/mol. The number of aryl methyl sites for hydroxylation is 2. The molecule has 0 aliphatic carbocycles. The molecule has 3 rings (SSSR count). The predicted octanol–water partition coefficient (Wildman–Crippen LogP) is 5.13. The van der Waals surface area contributed by atoms with Crippen LogP contribution >= 0.6 is 34.2 Å². The SMILES string of the molecule is COc1cc(/C=N\NC(=O)c2ccc(-n3c(C)ccc3C)cc2Cl)cc(I)c1OC. The maximum Gasteiger partial charge on any atom is 0.272 e. The first kappa shape index (κ1) is 22.2. The van der Waals surface area contributed by atoms with Gasteiger partial charge in [0.2, 0.25) is 0 Å². The number of hydrazone groups is 1. The zero-order chi connectivity index (χ0) is 21.8. The van der Waals surface area contributed by atoms with Crippen LogP contribution in [0.2, 0.25) is 5.02 Å². The van der Waals surface area contributed by atoms with Gasteiger partial charge in [0.05, 0.1) is 34.6 Å². The molecule has 1 amide bonds. The van der Waals surface area contributed by atoms with E-state index in [1.807, 2.05) is 38.1 Å². The number of aromatic nitrogens is 1. The second-order valence-corrected chi connectivity index (χ2v) is 8.12. The van der Waals surface area contributed by atoms with E-state index in [1.54, 1.807) is 32.4 Å². The van der Waals surface area contributed by atoms with Crippen LogP contribution in [0.5, 0.6) is 11.5 Å². The molecule has 156 valence electrons. The van der Waals surface area contributed by atoms with Crippen molar-refractivity contribution in [3.05, 3.63) is 73.6 Å². The smallest absolute Gasteiger partial charge is 0.272 e. The topological polar surface area (TPSA) is 64.8 Å². The van der Waals surface area contributed by atoms with E-state index >= 15 is 0 Å². The standard InChI is InChI=1S/C22H21ClIN3O3/c1-13-5-6-14(2)27(13)16-7-8-17(18(23)11-16)22(28)26-25-12-15-9-19(24)21(30-4)20(10-15)29-3/h5-12H,1-4H3,(H,26,28)/b25-12-. The Kier molecular flexibility index (Phi) is 7.04. The minimum atomic E-state index is -0.390. The number of hydrogen-bond acceptors (Lipinski definition) is 4. The number of carbonyl (C=O) groups is 1. The average molecular weight is 538 g/mol. The molecular formula is C22H21ClIN3O3. The monoisotopic (exact) mass is 537 g/mol. The number of methoxy groups -OCH3 is 2. The lowest BCUT2D eigenvalue weighted by Gasteiger charge is -2.11. The third kappa shape index (κ3) is 4.62. The molecule has 1 N–H and O–H groups in total. The Bertz CT molecular complexity index is 1110. The number of carbonyl (C=O) groups excluding carboxylic acids is 1. The van der Waals surface area contributed by atoms with Crippen LogP contribution < -0.4 is 14.9 Å². The van der Waals surface area contributed by atoms with Gasteiger partial charge in [-0.1, -0.05) is 11.6 Å². The molecule has 0 radical (unpaired) electrons. The Morgan fingerprint density at radius 2 is 1.80 bits per heavy atom. The van der Waals surface area contributed by atoms with Gasteiger partial charge in [-0.05, 0) is 84.5 Å². The highest BCUT2D eigenvalue weighted by Gasteiger charge is 2.13. The van der Waals surface area contributed by atoms with Crippen molar-refractivity contribution in [1.29, 1.82) is 0 Å². The van der Waals surface area contributed by atoms with Gasteiger partial charge in [0.15, 0.2) is 11.5 Å². The van der Waals surface area contributed by atoms with Gasteiger partial charge in [-0.3, -0.25) is 4.79 Å². The Morgan fingerprint density at radius 1 is 1.10 bits per heavy atom. The number of benzene rings is 2. The van der Waals surface area contributed by atoms with E-state index in [4.69, 9.17) is 21.1 Å². The first-order valence-corrected chi connectivity index (χ1v) is 10.5. The van der Waals surface area contributed by atoms with Gasteiger partial charge in [-0.25, -0.2) is 5.43 Å². The zero-order valence-electron chi connectivity index (χ0n) is 17.0. The molecule has 0 aliphatic heterocycles. The van der Waals surface area contributed by atoms with Crippen molar-refractivity contribution in [1.82, 2.24) is 9.99 Å². The maximum absolute atomic E-state index is 12.5. The quantitative estimate of drug-likeness (QED) is 0.269. The molecule has 1 aromatic heterocycles. The van der Waals surface area contributed by atoms with Gasteiger partial charge in [0, 0.05) is 17.1 Å².